The van der Waals surface area contributed by atoms with Crippen LogP contribution in [0.2, 0.25) is 0 Å². The maximum atomic E-state index is 12.0. The largest absolute Gasteiger partial charge is 0.349 e. The first-order valence-electron chi connectivity index (χ1n) is 6.23. The van der Waals surface area contributed by atoms with Gasteiger partial charge in [0.15, 0.2) is 0 Å². The van der Waals surface area contributed by atoms with E-state index in [0.29, 0.717) is 0 Å². The molecular weight excluding hydrogens is 230 g/mol. The highest BCUT2D eigenvalue weighted by molar-refractivity contribution is 7.10. The van der Waals surface area contributed by atoms with Gasteiger partial charge in [0.05, 0.1) is 5.56 Å². The minimum atomic E-state index is 0.0472. The van der Waals surface area contributed by atoms with Gasteiger partial charge in [-0.3, -0.25) is 4.79 Å². The monoisotopic (exact) mass is 253 g/mol. The van der Waals surface area contributed by atoms with E-state index in [-0.39, 0.29) is 17.4 Å². The summed E-state index contributed by atoms with van der Waals surface area (Å²) in [5, 5.41) is 5.01. The highest BCUT2D eigenvalue weighted by Gasteiger charge is 2.22. The number of amides is 1. The Labute approximate surface area is 108 Å². The second kappa shape index (κ2) is 5.67. The quantitative estimate of drug-likeness (QED) is 0.867. The number of hydrogen-bond donors (Lipinski definition) is 1. The fourth-order valence-electron chi connectivity index (χ4n) is 1.37. The van der Waals surface area contributed by atoms with Crippen LogP contribution in [0.3, 0.4) is 0 Å². The first-order valence-corrected chi connectivity index (χ1v) is 7.10. The summed E-state index contributed by atoms with van der Waals surface area (Å²) >= 11 is 1.68. The normalized spacial score (nSPS) is 13.5. The Kier molecular flexibility index (Phi) is 4.75. The van der Waals surface area contributed by atoms with E-state index in [1.165, 1.54) is 4.88 Å². The van der Waals surface area contributed by atoms with E-state index in [1.54, 1.807) is 11.3 Å². The number of carbonyl (C=O) groups excluding carboxylic acids is 1. The van der Waals surface area contributed by atoms with Gasteiger partial charge in [0.2, 0.25) is 0 Å². The van der Waals surface area contributed by atoms with E-state index >= 15 is 0 Å². The Morgan fingerprint density at radius 3 is 2.65 bits per heavy atom. The van der Waals surface area contributed by atoms with Crippen LogP contribution in [0.25, 0.3) is 0 Å². The highest BCUT2D eigenvalue weighted by Crippen LogP contribution is 2.20. The molecule has 0 aliphatic heterocycles. The Hall–Kier alpha value is -0.830. The van der Waals surface area contributed by atoms with Crippen LogP contribution >= 0.6 is 11.3 Å². The molecule has 0 saturated carbocycles. The lowest BCUT2D eigenvalue weighted by molar-refractivity contribution is 0.0910. The zero-order valence-electron chi connectivity index (χ0n) is 11.5. The van der Waals surface area contributed by atoms with E-state index < -0.39 is 0 Å². The SMILES string of the molecule is CCCc1cc(C(=O)N[C@H](C)C(C)(C)C)cs1. The van der Waals surface area contributed by atoms with Crippen LogP contribution in [0.4, 0.5) is 0 Å². The van der Waals surface area contributed by atoms with E-state index in [1.807, 2.05) is 11.4 Å². The molecule has 0 aliphatic rings. The smallest absolute Gasteiger partial charge is 0.252 e. The van der Waals surface area contributed by atoms with Crippen molar-refractivity contribution in [1.82, 2.24) is 5.32 Å². The van der Waals surface area contributed by atoms with E-state index in [2.05, 4.69) is 39.9 Å². The molecule has 0 saturated heterocycles. The molecule has 1 atom stereocenters. The van der Waals surface area contributed by atoms with E-state index in [4.69, 9.17) is 0 Å². The van der Waals surface area contributed by atoms with Crippen LogP contribution in [0.1, 0.15) is 56.3 Å². The van der Waals surface area contributed by atoms with Crippen molar-refractivity contribution in [3.63, 3.8) is 0 Å². The van der Waals surface area contributed by atoms with Gasteiger partial charge in [-0.25, -0.2) is 0 Å². The molecule has 2 nitrogen and oxygen atoms in total. The topological polar surface area (TPSA) is 29.1 Å². The Morgan fingerprint density at radius 1 is 1.47 bits per heavy atom. The number of thiophene rings is 1. The number of nitrogens with one attached hydrogen (secondary N) is 1. The minimum absolute atomic E-state index is 0.0472. The molecule has 1 aromatic heterocycles. The van der Waals surface area contributed by atoms with Crippen molar-refractivity contribution < 1.29 is 4.79 Å². The van der Waals surface area contributed by atoms with Gasteiger partial charge >= 0.3 is 0 Å². The van der Waals surface area contributed by atoms with Crippen molar-refractivity contribution in [2.24, 2.45) is 5.41 Å². The lowest BCUT2D eigenvalue weighted by Crippen LogP contribution is -2.41. The third kappa shape index (κ3) is 4.15. The third-order valence-electron chi connectivity index (χ3n) is 3.06. The van der Waals surface area contributed by atoms with Gasteiger partial charge in [-0.2, -0.15) is 0 Å². The summed E-state index contributed by atoms with van der Waals surface area (Å²) in [6.07, 6.45) is 2.19. The van der Waals surface area contributed by atoms with Crippen LogP contribution in [-0.2, 0) is 6.42 Å². The number of rotatable bonds is 4. The Morgan fingerprint density at radius 2 is 2.12 bits per heavy atom. The molecule has 0 unspecified atom stereocenters. The van der Waals surface area contributed by atoms with Gasteiger partial charge in [0, 0.05) is 16.3 Å². The minimum Gasteiger partial charge on any atom is -0.349 e. The summed E-state index contributed by atoms with van der Waals surface area (Å²) in [7, 11) is 0. The molecule has 17 heavy (non-hydrogen) atoms. The average molecular weight is 253 g/mol. The molecule has 1 N–H and O–H groups in total. The van der Waals surface area contributed by atoms with Gasteiger partial charge in [-0.05, 0) is 24.8 Å². The average Bonchev–Trinajstić information content (AvgIpc) is 2.65. The number of aryl methyl sites for hydroxylation is 1. The van der Waals surface area contributed by atoms with Crippen LogP contribution in [0.15, 0.2) is 11.4 Å². The summed E-state index contributed by atoms with van der Waals surface area (Å²) in [5.74, 6) is 0.0472. The molecule has 0 aliphatic carbocycles. The van der Waals surface area contributed by atoms with Crippen LogP contribution in [0.5, 0.6) is 0 Å². The molecule has 3 heteroatoms. The third-order valence-corrected chi connectivity index (χ3v) is 4.06. The fraction of sp³-hybridized carbons (Fsp3) is 0.643. The maximum absolute atomic E-state index is 12.0. The van der Waals surface area contributed by atoms with Crippen molar-refractivity contribution in [1.29, 1.82) is 0 Å². The van der Waals surface area contributed by atoms with Crippen LogP contribution in [0, 0.1) is 5.41 Å². The summed E-state index contributed by atoms with van der Waals surface area (Å²) < 4.78 is 0. The first-order chi connectivity index (χ1) is 7.84. The zero-order chi connectivity index (χ0) is 13.1. The second-order valence-corrected chi connectivity index (χ2v) is 6.61. The van der Waals surface area contributed by atoms with Gasteiger partial charge in [0.25, 0.3) is 5.91 Å². The summed E-state index contributed by atoms with van der Waals surface area (Å²) in [6, 6.07) is 2.18. The zero-order valence-corrected chi connectivity index (χ0v) is 12.3. The van der Waals surface area contributed by atoms with Crippen LogP contribution < -0.4 is 5.32 Å². The molecule has 1 amide bonds. The van der Waals surface area contributed by atoms with Crippen molar-refractivity contribution in [2.45, 2.75) is 53.5 Å². The van der Waals surface area contributed by atoms with E-state index in [0.717, 1.165) is 18.4 Å². The Bertz CT molecular complexity index is 376. The summed E-state index contributed by atoms with van der Waals surface area (Å²) in [5.41, 5.74) is 0.896. The summed E-state index contributed by atoms with van der Waals surface area (Å²) in [6.45, 7) is 10.6. The second-order valence-electron chi connectivity index (χ2n) is 5.61. The Balaban J connectivity index is 2.63. The highest BCUT2D eigenvalue weighted by atomic mass is 32.1. The molecule has 0 bridgehead atoms. The maximum Gasteiger partial charge on any atom is 0.252 e. The number of hydrogen-bond acceptors (Lipinski definition) is 2. The molecule has 96 valence electrons. The lowest BCUT2D eigenvalue weighted by atomic mass is 9.88. The standard InChI is InChI=1S/C14H23NOS/c1-6-7-12-8-11(9-17-12)13(16)15-10(2)14(3,4)5/h8-10H,6-7H2,1-5H3,(H,15,16)/t10-/m1/s1. The molecule has 0 aromatic carbocycles. The van der Waals surface area contributed by atoms with Crippen molar-refractivity contribution >= 4 is 17.2 Å². The molecule has 1 aromatic rings. The predicted molar refractivity (Wildman–Crippen MR) is 74.7 cm³/mol. The first kappa shape index (κ1) is 14.2. The van der Waals surface area contributed by atoms with Crippen molar-refractivity contribution in [2.75, 3.05) is 0 Å². The fourth-order valence-corrected chi connectivity index (χ4v) is 2.34. The predicted octanol–water partition coefficient (Wildman–Crippen LogP) is 3.87. The van der Waals surface area contributed by atoms with Gasteiger partial charge in [0.1, 0.15) is 0 Å². The molecule has 0 fully saturated rings. The van der Waals surface area contributed by atoms with E-state index in [9.17, 15) is 4.79 Å². The van der Waals surface area contributed by atoms with Crippen molar-refractivity contribution in [3.05, 3.63) is 21.9 Å². The molecule has 0 radical (unpaired) electrons. The summed E-state index contributed by atoms with van der Waals surface area (Å²) in [4.78, 5) is 13.3. The molecule has 1 rings (SSSR count). The van der Waals surface area contributed by atoms with Gasteiger partial charge < -0.3 is 5.32 Å². The van der Waals surface area contributed by atoms with Crippen molar-refractivity contribution in [3.8, 4) is 0 Å². The van der Waals surface area contributed by atoms with Crippen LogP contribution in [-0.4, -0.2) is 11.9 Å². The lowest BCUT2D eigenvalue weighted by Gasteiger charge is -2.27. The molecule has 0 spiro atoms. The molecular formula is C14H23NOS. The molecule has 1 heterocycles. The van der Waals surface area contributed by atoms with Gasteiger partial charge in [-0.1, -0.05) is 34.1 Å². The van der Waals surface area contributed by atoms with Gasteiger partial charge in [-0.15, -0.1) is 11.3 Å². The number of carbonyl (C=O) groups is 1.